The maximum absolute atomic E-state index is 14.8. The van der Waals surface area contributed by atoms with Crippen LogP contribution in [0.5, 0.6) is 0 Å². The summed E-state index contributed by atoms with van der Waals surface area (Å²) >= 11 is 0. The Hall–Kier alpha value is -6.02. The van der Waals surface area contributed by atoms with Crippen molar-refractivity contribution in [3.05, 3.63) is 177 Å². The number of amides is 2. The van der Waals surface area contributed by atoms with Gasteiger partial charge >= 0.3 is 0 Å². The predicted octanol–water partition coefficient (Wildman–Crippen LogP) is 8.03. The molecule has 7 rings (SSSR count). The van der Waals surface area contributed by atoms with Crippen molar-refractivity contribution >= 4 is 34.6 Å². The van der Waals surface area contributed by atoms with E-state index in [2.05, 4.69) is 0 Å². The fourth-order valence-corrected chi connectivity index (χ4v) is 6.48. The van der Waals surface area contributed by atoms with E-state index in [0.717, 1.165) is 5.56 Å². The first kappa shape index (κ1) is 28.7. The van der Waals surface area contributed by atoms with Crippen LogP contribution in [0.15, 0.2) is 145 Å². The van der Waals surface area contributed by atoms with Crippen LogP contribution in [0.2, 0.25) is 0 Å². The van der Waals surface area contributed by atoms with Crippen LogP contribution in [0.3, 0.4) is 0 Å². The second-order valence-electron chi connectivity index (χ2n) is 11.3. The monoisotopic (exact) mass is 607 g/mol. The molecule has 5 aromatic rings. The maximum Gasteiger partial charge on any atom is 0.269 e. The molecule has 5 aromatic carbocycles. The summed E-state index contributed by atoms with van der Waals surface area (Å²) < 4.78 is 7.11. The number of carbonyl (C=O) groups is 2. The van der Waals surface area contributed by atoms with Crippen molar-refractivity contribution in [2.24, 2.45) is 0 Å². The average Bonchev–Trinajstić information content (AvgIpc) is 3.24. The minimum atomic E-state index is -1.59. The Morgan fingerprint density at radius 2 is 1.41 bits per heavy atom. The van der Waals surface area contributed by atoms with Crippen LogP contribution >= 0.6 is 0 Å². The molecule has 2 aliphatic rings. The van der Waals surface area contributed by atoms with Gasteiger partial charge in [-0.1, -0.05) is 103 Å². The lowest BCUT2D eigenvalue weighted by Gasteiger charge is -2.47. The molecule has 2 aliphatic heterocycles. The highest BCUT2D eigenvalue weighted by molar-refractivity contribution is 6.15. The average molecular weight is 608 g/mol. The zero-order valence-electron chi connectivity index (χ0n) is 24.9. The summed E-state index contributed by atoms with van der Waals surface area (Å²) in [5.41, 5.74) is 2.03. The number of para-hydroxylation sites is 2. The Kier molecular flexibility index (Phi) is 7.17. The SMILES string of the molecule is CC1=C(c2ccccc2)OC2(c3cccc([N+](=O)[O-])c3)CC(c3ccccc3)N(C(=O)c3ccccc3)c3ccccc3N2C1=O. The summed E-state index contributed by atoms with van der Waals surface area (Å²) in [6, 6.07) is 40.8. The van der Waals surface area contributed by atoms with Gasteiger partial charge in [-0.25, -0.2) is 0 Å². The van der Waals surface area contributed by atoms with Crippen molar-refractivity contribution < 1.29 is 19.2 Å². The summed E-state index contributed by atoms with van der Waals surface area (Å²) in [6.07, 6.45) is 0.0702. The number of anilines is 2. The molecule has 0 aromatic heterocycles. The highest BCUT2D eigenvalue weighted by Crippen LogP contribution is 2.55. The number of fused-ring (bicyclic) bond motifs is 3. The van der Waals surface area contributed by atoms with Crippen LogP contribution in [0.4, 0.5) is 17.1 Å². The molecule has 0 bridgehead atoms. The van der Waals surface area contributed by atoms with Crippen molar-refractivity contribution in [2.75, 3.05) is 9.80 Å². The number of hydrogen-bond acceptors (Lipinski definition) is 5. The molecule has 2 unspecified atom stereocenters. The summed E-state index contributed by atoms with van der Waals surface area (Å²) in [7, 11) is 0. The van der Waals surface area contributed by atoms with Gasteiger partial charge in [-0.15, -0.1) is 0 Å². The smallest absolute Gasteiger partial charge is 0.269 e. The number of benzene rings is 5. The lowest BCUT2D eigenvalue weighted by molar-refractivity contribution is -0.385. The highest BCUT2D eigenvalue weighted by Gasteiger charge is 2.55. The summed E-state index contributed by atoms with van der Waals surface area (Å²) in [6.45, 7) is 1.72. The molecule has 8 nitrogen and oxygen atoms in total. The number of nitrogens with zero attached hydrogens (tertiary/aromatic N) is 3. The molecule has 2 amide bonds. The van der Waals surface area contributed by atoms with Crippen LogP contribution in [0, 0.1) is 10.1 Å². The molecule has 8 heteroatoms. The Morgan fingerprint density at radius 1 is 0.804 bits per heavy atom. The van der Waals surface area contributed by atoms with E-state index in [1.807, 2.05) is 97.1 Å². The predicted molar refractivity (Wildman–Crippen MR) is 176 cm³/mol. The topological polar surface area (TPSA) is 93.0 Å². The fourth-order valence-electron chi connectivity index (χ4n) is 6.48. The number of non-ortho nitro benzene ring substituents is 1. The Bertz CT molecular complexity index is 2000. The number of carbonyl (C=O) groups excluding carboxylic acids is 2. The Labute approximate surface area is 265 Å². The van der Waals surface area contributed by atoms with Gasteiger partial charge in [0.05, 0.1) is 27.9 Å². The van der Waals surface area contributed by atoms with Gasteiger partial charge in [0.25, 0.3) is 17.5 Å². The molecular formula is C38H29N3O5. The van der Waals surface area contributed by atoms with E-state index < -0.39 is 16.7 Å². The first-order chi connectivity index (χ1) is 22.4. The van der Waals surface area contributed by atoms with Crippen LogP contribution in [-0.4, -0.2) is 16.7 Å². The van der Waals surface area contributed by atoms with Gasteiger partial charge in [-0.2, -0.15) is 0 Å². The van der Waals surface area contributed by atoms with Gasteiger partial charge in [0, 0.05) is 35.2 Å². The van der Waals surface area contributed by atoms with E-state index >= 15 is 0 Å². The van der Waals surface area contributed by atoms with Gasteiger partial charge in [0.1, 0.15) is 5.76 Å². The highest BCUT2D eigenvalue weighted by atomic mass is 16.6. The second kappa shape index (κ2) is 11.5. The van der Waals surface area contributed by atoms with Crippen LogP contribution < -0.4 is 9.80 Å². The third-order valence-electron chi connectivity index (χ3n) is 8.63. The first-order valence-corrected chi connectivity index (χ1v) is 15.0. The lowest BCUT2D eigenvalue weighted by atomic mass is 9.87. The third kappa shape index (κ3) is 4.71. The molecule has 0 saturated heterocycles. The van der Waals surface area contributed by atoms with E-state index in [-0.39, 0.29) is 23.9 Å². The Balaban J connectivity index is 1.56. The third-order valence-corrected chi connectivity index (χ3v) is 8.63. The van der Waals surface area contributed by atoms with E-state index in [4.69, 9.17) is 4.74 Å². The second-order valence-corrected chi connectivity index (χ2v) is 11.3. The van der Waals surface area contributed by atoms with E-state index in [1.165, 1.54) is 12.1 Å². The maximum atomic E-state index is 14.8. The standard InChI is InChI=1S/C38H29N3O5/c1-26-35(28-16-7-3-8-17-28)46-38(30-20-13-21-31(24-30)41(44)45)25-34(27-14-5-2-6-15-27)39(37(43)29-18-9-4-10-19-29)32-22-11-12-23-33(32)40(38)36(26)42/h2-24,34H,25H2,1H3. The molecule has 0 aliphatic carbocycles. The van der Waals surface area contributed by atoms with Crippen molar-refractivity contribution in [3.8, 4) is 0 Å². The van der Waals surface area contributed by atoms with Gasteiger partial charge in [0.15, 0.2) is 0 Å². The van der Waals surface area contributed by atoms with Gasteiger partial charge in [-0.3, -0.25) is 29.5 Å². The molecule has 0 spiro atoms. The fraction of sp³-hybridized carbons (Fsp3) is 0.105. The molecule has 0 N–H and O–H groups in total. The zero-order chi connectivity index (χ0) is 31.8. The molecule has 0 radical (unpaired) electrons. The number of hydrogen-bond donors (Lipinski definition) is 0. The van der Waals surface area contributed by atoms with Crippen molar-refractivity contribution in [1.82, 2.24) is 0 Å². The van der Waals surface area contributed by atoms with Gasteiger partial charge < -0.3 is 4.74 Å². The van der Waals surface area contributed by atoms with Gasteiger partial charge in [0.2, 0.25) is 5.72 Å². The molecule has 46 heavy (non-hydrogen) atoms. The molecular weight excluding hydrogens is 578 g/mol. The van der Waals surface area contributed by atoms with Crippen molar-refractivity contribution in [3.63, 3.8) is 0 Å². The van der Waals surface area contributed by atoms with Crippen LogP contribution in [0.1, 0.15) is 46.4 Å². The number of rotatable bonds is 5. The van der Waals surface area contributed by atoms with Gasteiger partial charge in [-0.05, 0) is 36.8 Å². The zero-order valence-corrected chi connectivity index (χ0v) is 24.9. The molecule has 2 heterocycles. The van der Waals surface area contributed by atoms with E-state index in [1.54, 1.807) is 47.1 Å². The van der Waals surface area contributed by atoms with Crippen LogP contribution in [0.25, 0.3) is 5.76 Å². The molecule has 0 fully saturated rings. The number of nitro benzene ring substituents is 1. The molecule has 2 atom stereocenters. The Morgan fingerprint density at radius 3 is 2.09 bits per heavy atom. The number of ether oxygens (including phenoxy) is 1. The van der Waals surface area contributed by atoms with E-state index in [0.29, 0.717) is 39.4 Å². The minimum absolute atomic E-state index is 0.0702. The summed E-state index contributed by atoms with van der Waals surface area (Å²) in [5.74, 6) is -0.207. The largest absolute Gasteiger partial charge is 0.462 e. The summed E-state index contributed by atoms with van der Waals surface area (Å²) in [4.78, 5) is 44.3. The van der Waals surface area contributed by atoms with Crippen LogP contribution in [-0.2, 0) is 15.3 Å². The van der Waals surface area contributed by atoms with Crippen molar-refractivity contribution in [1.29, 1.82) is 0 Å². The number of nitro groups is 1. The molecule has 0 saturated carbocycles. The van der Waals surface area contributed by atoms with Crippen molar-refractivity contribution in [2.45, 2.75) is 25.1 Å². The minimum Gasteiger partial charge on any atom is -0.462 e. The van der Waals surface area contributed by atoms with E-state index in [9.17, 15) is 19.7 Å². The lowest BCUT2D eigenvalue weighted by Crippen LogP contribution is -2.55. The summed E-state index contributed by atoms with van der Waals surface area (Å²) in [5, 5.41) is 12.1. The first-order valence-electron chi connectivity index (χ1n) is 15.0. The quantitative estimate of drug-likeness (QED) is 0.149. The normalized spacial score (nSPS) is 19.1. The molecule has 226 valence electrons.